The van der Waals surface area contributed by atoms with Crippen molar-refractivity contribution in [2.75, 3.05) is 46.3 Å². The Morgan fingerprint density at radius 1 is 1.19 bits per heavy atom. The average Bonchev–Trinajstić information content (AvgIpc) is 2.62. The van der Waals surface area contributed by atoms with Crippen LogP contribution in [-0.4, -0.2) is 74.0 Å². The first-order valence-corrected chi connectivity index (χ1v) is 10.2. The number of carbonyl (C=O) groups excluding carboxylic acids is 1. The van der Waals surface area contributed by atoms with E-state index in [2.05, 4.69) is 22.5 Å². The van der Waals surface area contributed by atoms with Crippen molar-refractivity contribution in [3.8, 4) is 0 Å². The molecule has 0 saturated carbocycles. The Hall–Kier alpha value is -0.570. The van der Waals surface area contributed by atoms with Crippen LogP contribution in [0.3, 0.4) is 0 Å². The minimum absolute atomic E-state index is 0. The third-order valence-electron chi connectivity index (χ3n) is 5.16. The topological polar surface area (TPSA) is 60.0 Å². The molecule has 152 valence electrons. The molecule has 0 radical (unpaired) electrons. The maximum Gasteiger partial charge on any atom is 0.222 e. The second-order valence-electron chi connectivity index (χ2n) is 7.38. The van der Waals surface area contributed by atoms with Crippen molar-refractivity contribution in [1.82, 2.24) is 20.4 Å². The molecule has 2 heterocycles. The standard InChI is InChI=1S/C19H37N5O.HI/c1-3-20-19(22-17-10-11-18(25)23(2)16-17)21-12-6-4-7-13-24-14-8-5-9-15-24;/h17H,3-16H2,1-2H3,(H2,20,21,22);1H. The Morgan fingerprint density at radius 3 is 2.65 bits per heavy atom. The summed E-state index contributed by atoms with van der Waals surface area (Å²) in [5.41, 5.74) is 0. The number of unbranched alkanes of at least 4 members (excludes halogenated alkanes) is 2. The molecule has 0 spiro atoms. The van der Waals surface area contributed by atoms with E-state index in [0.29, 0.717) is 12.5 Å². The summed E-state index contributed by atoms with van der Waals surface area (Å²) in [5, 5.41) is 6.81. The lowest BCUT2D eigenvalue weighted by Gasteiger charge is -2.31. The number of carbonyl (C=O) groups is 1. The zero-order valence-corrected chi connectivity index (χ0v) is 19.0. The molecular weight excluding hydrogens is 441 g/mol. The van der Waals surface area contributed by atoms with Crippen molar-refractivity contribution in [2.24, 2.45) is 4.99 Å². The zero-order chi connectivity index (χ0) is 17.9. The predicted molar refractivity (Wildman–Crippen MR) is 119 cm³/mol. The normalized spacial score (nSPS) is 22.1. The summed E-state index contributed by atoms with van der Waals surface area (Å²) < 4.78 is 0. The van der Waals surface area contributed by atoms with Gasteiger partial charge in [0.15, 0.2) is 5.96 Å². The highest BCUT2D eigenvalue weighted by Crippen LogP contribution is 2.10. The molecule has 7 heteroatoms. The maximum absolute atomic E-state index is 11.6. The number of nitrogens with one attached hydrogen (secondary N) is 2. The molecule has 26 heavy (non-hydrogen) atoms. The molecule has 2 saturated heterocycles. The molecule has 2 aliphatic heterocycles. The number of piperidine rings is 2. The Kier molecular flexibility index (Phi) is 12.3. The quantitative estimate of drug-likeness (QED) is 0.243. The first-order valence-electron chi connectivity index (χ1n) is 10.2. The lowest BCUT2D eigenvalue weighted by molar-refractivity contribution is -0.132. The maximum atomic E-state index is 11.6. The minimum Gasteiger partial charge on any atom is -0.357 e. The molecule has 2 N–H and O–H groups in total. The first-order chi connectivity index (χ1) is 12.2. The molecule has 0 aromatic rings. The Bertz CT molecular complexity index is 426. The first kappa shape index (κ1) is 23.5. The molecule has 1 amide bonds. The van der Waals surface area contributed by atoms with Crippen LogP contribution in [0.1, 0.15) is 58.3 Å². The van der Waals surface area contributed by atoms with Gasteiger partial charge in [0, 0.05) is 39.1 Å². The fourth-order valence-corrected chi connectivity index (χ4v) is 3.64. The van der Waals surface area contributed by atoms with Crippen LogP contribution in [0.2, 0.25) is 0 Å². The van der Waals surface area contributed by atoms with E-state index in [9.17, 15) is 4.79 Å². The molecule has 1 unspecified atom stereocenters. The minimum atomic E-state index is 0. The molecule has 2 rings (SSSR count). The molecule has 0 bridgehead atoms. The molecule has 0 aromatic heterocycles. The number of amides is 1. The summed E-state index contributed by atoms with van der Waals surface area (Å²) in [7, 11) is 1.88. The van der Waals surface area contributed by atoms with Crippen LogP contribution in [0, 0.1) is 0 Å². The second-order valence-corrected chi connectivity index (χ2v) is 7.38. The van der Waals surface area contributed by atoms with Crippen molar-refractivity contribution < 1.29 is 4.79 Å². The van der Waals surface area contributed by atoms with E-state index in [1.807, 2.05) is 11.9 Å². The number of hydrogen-bond donors (Lipinski definition) is 2. The smallest absolute Gasteiger partial charge is 0.222 e. The molecule has 2 aliphatic rings. The van der Waals surface area contributed by atoms with E-state index in [4.69, 9.17) is 4.99 Å². The van der Waals surface area contributed by atoms with Crippen LogP contribution in [-0.2, 0) is 4.79 Å². The molecule has 0 aliphatic carbocycles. The fourth-order valence-electron chi connectivity index (χ4n) is 3.64. The van der Waals surface area contributed by atoms with E-state index in [1.165, 1.54) is 51.7 Å². The van der Waals surface area contributed by atoms with Gasteiger partial charge in [-0.1, -0.05) is 12.8 Å². The lowest BCUT2D eigenvalue weighted by atomic mass is 10.1. The number of aliphatic imine (C=N–C) groups is 1. The van der Waals surface area contributed by atoms with Crippen molar-refractivity contribution >= 4 is 35.8 Å². The summed E-state index contributed by atoms with van der Waals surface area (Å²) in [6, 6.07) is 0.305. The highest BCUT2D eigenvalue weighted by molar-refractivity contribution is 14.0. The zero-order valence-electron chi connectivity index (χ0n) is 16.6. The van der Waals surface area contributed by atoms with Crippen molar-refractivity contribution in [3.05, 3.63) is 0 Å². The third kappa shape index (κ3) is 8.88. The van der Waals surface area contributed by atoms with E-state index >= 15 is 0 Å². The van der Waals surface area contributed by atoms with Gasteiger partial charge < -0.3 is 20.4 Å². The molecule has 1 atom stereocenters. The summed E-state index contributed by atoms with van der Waals surface area (Å²) in [6.07, 6.45) is 9.38. The number of likely N-dealkylation sites (tertiary alicyclic amines) is 2. The summed E-state index contributed by atoms with van der Waals surface area (Å²) in [4.78, 5) is 20.7. The van der Waals surface area contributed by atoms with Crippen LogP contribution in [0.15, 0.2) is 4.99 Å². The van der Waals surface area contributed by atoms with Gasteiger partial charge in [0.1, 0.15) is 0 Å². The number of halogens is 1. The predicted octanol–water partition coefficient (Wildman–Crippen LogP) is 2.44. The van der Waals surface area contributed by atoms with Gasteiger partial charge in [-0.2, -0.15) is 0 Å². The monoisotopic (exact) mass is 479 g/mol. The molecular formula is C19H38IN5O. The molecule has 6 nitrogen and oxygen atoms in total. The van der Waals surface area contributed by atoms with Crippen LogP contribution >= 0.6 is 24.0 Å². The average molecular weight is 479 g/mol. The second kappa shape index (κ2) is 13.6. The lowest BCUT2D eigenvalue weighted by Crippen LogP contribution is -2.51. The third-order valence-corrected chi connectivity index (χ3v) is 5.16. The number of nitrogens with zero attached hydrogens (tertiary/aromatic N) is 3. The van der Waals surface area contributed by atoms with Crippen LogP contribution in [0.25, 0.3) is 0 Å². The Labute approximate surface area is 176 Å². The van der Waals surface area contributed by atoms with Crippen molar-refractivity contribution in [1.29, 1.82) is 0 Å². The van der Waals surface area contributed by atoms with E-state index in [1.54, 1.807) is 0 Å². The van der Waals surface area contributed by atoms with E-state index < -0.39 is 0 Å². The fraction of sp³-hybridized carbons (Fsp3) is 0.895. The van der Waals surface area contributed by atoms with Crippen LogP contribution in [0.5, 0.6) is 0 Å². The number of rotatable bonds is 8. The molecule has 2 fully saturated rings. The van der Waals surface area contributed by atoms with Gasteiger partial charge in [0.25, 0.3) is 0 Å². The van der Waals surface area contributed by atoms with E-state index in [-0.39, 0.29) is 29.9 Å². The number of guanidine groups is 1. The van der Waals surface area contributed by atoms with Gasteiger partial charge in [-0.05, 0) is 58.7 Å². The number of hydrogen-bond acceptors (Lipinski definition) is 3. The van der Waals surface area contributed by atoms with Gasteiger partial charge >= 0.3 is 0 Å². The Balaban J connectivity index is 0.00000338. The summed E-state index contributed by atoms with van der Waals surface area (Å²) >= 11 is 0. The van der Waals surface area contributed by atoms with Gasteiger partial charge in [-0.15, -0.1) is 24.0 Å². The van der Waals surface area contributed by atoms with Crippen LogP contribution in [0.4, 0.5) is 0 Å². The Morgan fingerprint density at radius 2 is 1.96 bits per heavy atom. The molecule has 0 aromatic carbocycles. The van der Waals surface area contributed by atoms with Gasteiger partial charge in [-0.25, -0.2) is 0 Å². The van der Waals surface area contributed by atoms with Gasteiger partial charge in [0.2, 0.25) is 5.91 Å². The van der Waals surface area contributed by atoms with Crippen molar-refractivity contribution in [2.45, 2.75) is 64.3 Å². The summed E-state index contributed by atoms with van der Waals surface area (Å²) in [6.45, 7) is 8.44. The van der Waals surface area contributed by atoms with Gasteiger partial charge in [-0.3, -0.25) is 9.79 Å². The highest BCUT2D eigenvalue weighted by atomic mass is 127. The van der Waals surface area contributed by atoms with Crippen LogP contribution < -0.4 is 10.6 Å². The largest absolute Gasteiger partial charge is 0.357 e. The number of likely N-dealkylation sites (N-methyl/N-ethyl adjacent to an activating group) is 1. The SMILES string of the molecule is CCNC(=NCCCCCN1CCCCC1)NC1CCC(=O)N(C)C1.I. The van der Waals surface area contributed by atoms with Gasteiger partial charge in [0.05, 0.1) is 0 Å². The summed E-state index contributed by atoms with van der Waals surface area (Å²) in [5.74, 6) is 1.14. The van der Waals surface area contributed by atoms with E-state index in [0.717, 1.165) is 38.4 Å². The highest BCUT2D eigenvalue weighted by Gasteiger charge is 2.23. The van der Waals surface area contributed by atoms with Crippen molar-refractivity contribution in [3.63, 3.8) is 0 Å².